The molecule has 0 saturated heterocycles. The second kappa shape index (κ2) is 7.14. The fourth-order valence-corrected chi connectivity index (χ4v) is 4.40. The van der Waals surface area contributed by atoms with Crippen LogP contribution in [0, 0.1) is 6.92 Å². The number of primary sulfonamides is 1. The normalized spacial score (nSPS) is 15.4. The molecule has 0 unspecified atom stereocenters. The number of sulfonamides is 1. The predicted octanol–water partition coefficient (Wildman–Crippen LogP) is 2.59. The molecule has 0 radical (unpaired) electrons. The molecule has 8 nitrogen and oxygen atoms in total. The van der Waals surface area contributed by atoms with Crippen molar-refractivity contribution < 1.29 is 8.42 Å². The van der Waals surface area contributed by atoms with E-state index >= 15 is 0 Å². The van der Waals surface area contributed by atoms with E-state index in [9.17, 15) is 8.42 Å². The van der Waals surface area contributed by atoms with Crippen LogP contribution in [0.15, 0.2) is 29.2 Å². The number of nitrogens with zero attached hydrogens (tertiary/aromatic N) is 4. The molecule has 0 aliphatic heterocycles. The second-order valence-electron chi connectivity index (χ2n) is 7.35. The van der Waals surface area contributed by atoms with Crippen molar-refractivity contribution in [2.75, 3.05) is 5.32 Å². The maximum atomic E-state index is 11.4. The zero-order valence-electron chi connectivity index (χ0n) is 16.0. The van der Waals surface area contributed by atoms with E-state index < -0.39 is 10.0 Å². The fourth-order valence-electron chi connectivity index (χ4n) is 3.88. The van der Waals surface area contributed by atoms with Crippen molar-refractivity contribution in [2.45, 2.75) is 50.0 Å². The topological polar surface area (TPSA) is 116 Å². The lowest BCUT2D eigenvalue weighted by molar-refractivity contribution is 0.598. The van der Waals surface area contributed by atoms with Gasteiger partial charge in [-0.1, -0.05) is 25.0 Å². The van der Waals surface area contributed by atoms with E-state index in [1.54, 1.807) is 12.1 Å². The molecule has 2 heterocycles. The van der Waals surface area contributed by atoms with Gasteiger partial charge in [0.25, 0.3) is 0 Å². The number of anilines is 1. The summed E-state index contributed by atoms with van der Waals surface area (Å²) in [6.07, 6.45) is 4.76. The number of hydrogen-bond donors (Lipinski definition) is 2. The molecule has 1 aliphatic rings. The van der Waals surface area contributed by atoms with Gasteiger partial charge >= 0.3 is 0 Å². The van der Waals surface area contributed by atoms with Crippen LogP contribution in [-0.4, -0.2) is 28.2 Å². The Balaban J connectivity index is 1.66. The Morgan fingerprint density at radius 2 is 1.86 bits per heavy atom. The van der Waals surface area contributed by atoms with Crippen molar-refractivity contribution in [3.63, 3.8) is 0 Å². The van der Waals surface area contributed by atoms with Gasteiger partial charge in [-0.2, -0.15) is 5.10 Å². The van der Waals surface area contributed by atoms with Gasteiger partial charge in [-0.05, 0) is 37.5 Å². The van der Waals surface area contributed by atoms with Crippen molar-refractivity contribution >= 4 is 26.9 Å². The monoisotopic (exact) mass is 400 g/mol. The van der Waals surface area contributed by atoms with Gasteiger partial charge in [-0.3, -0.25) is 0 Å². The van der Waals surface area contributed by atoms with Crippen molar-refractivity contribution in [3.05, 3.63) is 41.3 Å². The van der Waals surface area contributed by atoms with Gasteiger partial charge in [0.2, 0.25) is 10.0 Å². The Kier molecular flexibility index (Phi) is 4.80. The summed E-state index contributed by atoms with van der Waals surface area (Å²) in [7, 11) is -1.77. The number of fused-ring (bicyclic) bond motifs is 1. The minimum Gasteiger partial charge on any atom is -0.365 e. The Morgan fingerprint density at radius 1 is 1.18 bits per heavy atom. The molecular weight excluding hydrogens is 376 g/mol. The number of rotatable bonds is 5. The molecule has 4 rings (SSSR count). The molecule has 0 spiro atoms. The zero-order valence-corrected chi connectivity index (χ0v) is 16.8. The molecule has 0 amide bonds. The van der Waals surface area contributed by atoms with E-state index in [0.717, 1.165) is 41.0 Å². The van der Waals surface area contributed by atoms with E-state index in [2.05, 4.69) is 15.3 Å². The van der Waals surface area contributed by atoms with Crippen LogP contribution in [0.3, 0.4) is 0 Å². The number of nitrogens with one attached hydrogen (secondary N) is 1. The lowest BCUT2D eigenvalue weighted by atomic mass is 10.0. The SMILES string of the molecule is Cc1nc(NCc2ccc(S(N)(=O)=O)cc2)c2c(C3CCCC3)nn(C)c2n1. The van der Waals surface area contributed by atoms with Crippen molar-refractivity contribution in [3.8, 4) is 0 Å². The molecule has 148 valence electrons. The van der Waals surface area contributed by atoms with Gasteiger partial charge in [0.1, 0.15) is 11.6 Å². The Morgan fingerprint density at radius 3 is 2.50 bits per heavy atom. The number of benzene rings is 1. The van der Waals surface area contributed by atoms with E-state index in [1.165, 1.54) is 25.0 Å². The smallest absolute Gasteiger partial charge is 0.238 e. The van der Waals surface area contributed by atoms with Gasteiger partial charge in [-0.15, -0.1) is 0 Å². The number of aryl methyl sites for hydroxylation is 2. The molecule has 1 saturated carbocycles. The highest BCUT2D eigenvalue weighted by atomic mass is 32.2. The van der Waals surface area contributed by atoms with Crippen LogP contribution >= 0.6 is 0 Å². The zero-order chi connectivity index (χ0) is 19.9. The summed E-state index contributed by atoms with van der Waals surface area (Å²) in [6, 6.07) is 6.53. The highest BCUT2D eigenvalue weighted by Crippen LogP contribution is 2.38. The molecule has 0 bridgehead atoms. The lowest BCUT2D eigenvalue weighted by Gasteiger charge is -2.11. The maximum absolute atomic E-state index is 11.4. The third-order valence-electron chi connectivity index (χ3n) is 5.28. The Bertz CT molecular complexity index is 1120. The first-order valence-corrected chi connectivity index (χ1v) is 10.9. The van der Waals surface area contributed by atoms with Crippen molar-refractivity contribution in [1.29, 1.82) is 0 Å². The van der Waals surface area contributed by atoms with Crippen LogP contribution in [0.4, 0.5) is 5.82 Å². The molecule has 1 fully saturated rings. The fraction of sp³-hybridized carbons (Fsp3) is 0.421. The Hall–Kier alpha value is -2.52. The third kappa shape index (κ3) is 3.59. The van der Waals surface area contributed by atoms with Gasteiger partial charge in [-0.25, -0.2) is 28.2 Å². The number of hydrogen-bond acceptors (Lipinski definition) is 6. The van der Waals surface area contributed by atoms with Gasteiger partial charge < -0.3 is 5.32 Å². The van der Waals surface area contributed by atoms with E-state index in [-0.39, 0.29) is 4.90 Å². The molecule has 9 heteroatoms. The van der Waals surface area contributed by atoms with Crippen LogP contribution in [-0.2, 0) is 23.6 Å². The van der Waals surface area contributed by atoms with Crippen molar-refractivity contribution in [1.82, 2.24) is 19.7 Å². The molecule has 1 aromatic carbocycles. The van der Waals surface area contributed by atoms with Gasteiger partial charge in [0, 0.05) is 19.5 Å². The summed E-state index contributed by atoms with van der Waals surface area (Å²) >= 11 is 0. The highest BCUT2D eigenvalue weighted by Gasteiger charge is 2.25. The average Bonchev–Trinajstić information content (AvgIpc) is 3.28. The highest BCUT2D eigenvalue weighted by molar-refractivity contribution is 7.89. The first-order chi connectivity index (χ1) is 13.3. The number of nitrogens with two attached hydrogens (primary N) is 1. The van der Waals surface area contributed by atoms with E-state index in [0.29, 0.717) is 18.3 Å². The van der Waals surface area contributed by atoms with Crippen molar-refractivity contribution in [2.24, 2.45) is 12.2 Å². The molecule has 2 aromatic heterocycles. The summed E-state index contributed by atoms with van der Waals surface area (Å²) in [5.74, 6) is 1.90. The van der Waals surface area contributed by atoms with Crippen LogP contribution in [0.5, 0.6) is 0 Å². The summed E-state index contributed by atoms with van der Waals surface area (Å²) in [5, 5.41) is 14.3. The summed E-state index contributed by atoms with van der Waals surface area (Å²) in [6.45, 7) is 2.38. The van der Waals surface area contributed by atoms with Crippen LogP contribution in [0.2, 0.25) is 0 Å². The largest absolute Gasteiger partial charge is 0.365 e. The standard InChI is InChI=1S/C19H24N6O2S/c1-12-22-18(21-11-13-7-9-15(10-8-13)28(20,26)27)16-17(14-5-3-4-6-14)24-25(2)19(16)23-12/h7-10,14H,3-6,11H2,1-2H3,(H2,20,26,27)(H,21,22,23). The molecule has 0 atom stereocenters. The van der Waals surface area contributed by atoms with Gasteiger partial charge in [0.15, 0.2) is 5.65 Å². The van der Waals surface area contributed by atoms with E-state index in [4.69, 9.17) is 10.2 Å². The summed E-state index contributed by atoms with van der Waals surface area (Å²) in [5.41, 5.74) is 2.84. The molecule has 28 heavy (non-hydrogen) atoms. The Labute approximate surface area is 164 Å². The molecule has 3 aromatic rings. The van der Waals surface area contributed by atoms with Crippen LogP contribution in [0.1, 0.15) is 48.7 Å². The number of aromatic nitrogens is 4. The predicted molar refractivity (Wildman–Crippen MR) is 107 cm³/mol. The first kappa shape index (κ1) is 18.8. The van der Waals surface area contributed by atoms with Crippen LogP contribution < -0.4 is 10.5 Å². The molecular formula is C19H24N6O2S. The maximum Gasteiger partial charge on any atom is 0.238 e. The van der Waals surface area contributed by atoms with Gasteiger partial charge in [0.05, 0.1) is 16.0 Å². The summed E-state index contributed by atoms with van der Waals surface area (Å²) in [4.78, 5) is 9.32. The first-order valence-electron chi connectivity index (χ1n) is 9.40. The van der Waals surface area contributed by atoms with Crippen LogP contribution in [0.25, 0.3) is 11.0 Å². The lowest BCUT2D eigenvalue weighted by Crippen LogP contribution is -2.12. The molecule has 1 aliphatic carbocycles. The minimum atomic E-state index is -3.69. The van der Waals surface area contributed by atoms with E-state index in [1.807, 2.05) is 18.7 Å². The minimum absolute atomic E-state index is 0.104. The second-order valence-corrected chi connectivity index (χ2v) is 8.91. The molecule has 3 N–H and O–H groups in total. The summed E-state index contributed by atoms with van der Waals surface area (Å²) < 4.78 is 24.7. The third-order valence-corrected chi connectivity index (χ3v) is 6.21. The quantitative estimate of drug-likeness (QED) is 0.680. The average molecular weight is 401 g/mol.